The molecule has 0 saturated heterocycles. The number of carbonyl (C=O) groups is 1. The SMILES string of the molecule is C#CCN(C)C(=O)CCc1ccccc1N. The van der Waals surface area contributed by atoms with Crippen molar-refractivity contribution in [3.63, 3.8) is 0 Å². The molecule has 1 rings (SSSR count). The number of benzene rings is 1. The number of carbonyl (C=O) groups excluding carboxylic acids is 1. The number of aryl methyl sites for hydroxylation is 1. The maximum Gasteiger partial charge on any atom is 0.223 e. The highest BCUT2D eigenvalue weighted by atomic mass is 16.2. The Balaban J connectivity index is 2.50. The molecule has 0 spiro atoms. The molecule has 0 fully saturated rings. The van der Waals surface area contributed by atoms with Crippen LogP contribution in [0.3, 0.4) is 0 Å². The maximum absolute atomic E-state index is 11.6. The van der Waals surface area contributed by atoms with E-state index in [1.54, 1.807) is 11.9 Å². The molecule has 0 radical (unpaired) electrons. The van der Waals surface area contributed by atoms with E-state index in [-0.39, 0.29) is 5.91 Å². The van der Waals surface area contributed by atoms with Crippen LogP contribution in [-0.4, -0.2) is 24.4 Å². The lowest BCUT2D eigenvalue weighted by Gasteiger charge is -2.13. The first-order valence-electron chi connectivity index (χ1n) is 5.16. The van der Waals surface area contributed by atoms with Gasteiger partial charge >= 0.3 is 0 Å². The van der Waals surface area contributed by atoms with Gasteiger partial charge in [0.15, 0.2) is 0 Å². The summed E-state index contributed by atoms with van der Waals surface area (Å²) in [5, 5.41) is 0. The van der Waals surface area contributed by atoms with Gasteiger partial charge in [0, 0.05) is 19.2 Å². The summed E-state index contributed by atoms with van der Waals surface area (Å²) in [5.41, 5.74) is 7.52. The van der Waals surface area contributed by atoms with Crippen molar-refractivity contribution in [3.8, 4) is 12.3 Å². The van der Waals surface area contributed by atoms with E-state index in [1.807, 2.05) is 24.3 Å². The highest BCUT2D eigenvalue weighted by Crippen LogP contribution is 2.12. The molecular weight excluding hydrogens is 200 g/mol. The molecule has 0 aliphatic heterocycles. The van der Waals surface area contributed by atoms with Crippen LogP contribution < -0.4 is 5.73 Å². The van der Waals surface area contributed by atoms with E-state index in [2.05, 4.69) is 5.92 Å². The summed E-state index contributed by atoms with van der Waals surface area (Å²) in [5.74, 6) is 2.48. The van der Waals surface area contributed by atoms with Crippen molar-refractivity contribution in [2.45, 2.75) is 12.8 Å². The van der Waals surface area contributed by atoms with Gasteiger partial charge in [-0.15, -0.1) is 6.42 Å². The van der Waals surface area contributed by atoms with Crippen molar-refractivity contribution in [2.24, 2.45) is 0 Å². The van der Waals surface area contributed by atoms with E-state index in [0.29, 0.717) is 19.4 Å². The third kappa shape index (κ3) is 3.32. The number of para-hydroxylation sites is 1. The normalized spacial score (nSPS) is 9.50. The van der Waals surface area contributed by atoms with Gasteiger partial charge in [-0.25, -0.2) is 0 Å². The number of anilines is 1. The zero-order chi connectivity index (χ0) is 12.0. The van der Waals surface area contributed by atoms with Gasteiger partial charge < -0.3 is 10.6 Å². The first kappa shape index (κ1) is 12.1. The Morgan fingerprint density at radius 2 is 2.19 bits per heavy atom. The molecule has 1 aromatic rings. The van der Waals surface area contributed by atoms with Crippen LogP contribution in [0.5, 0.6) is 0 Å². The predicted molar refractivity (Wildman–Crippen MR) is 65.6 cm³/mol. The lowest BCUT2D eigenvalue weighted by molar-refractivity contribution is -0.129. The Morgan fingerprint density at radius 1 is 1.50 bits per heavy atom. The molecule has 0 unspecified atom stereocenters. The summed E-state index contributed by atoms with van der Waals surface area (Å²) in [7, 11) is 1.70. The van der Waals surface area contributed by atoms with Gasteiger partial charge in [0.05, 0.1) is 6.54 Å². The van der Waals surface area contributed by atoms with Crippen molar-refractivity contribution in [2.75, 3.05) is 19.3 Å². The number of nitrogens with zero attached hydrogens (tertiary/aromatic N) is 1. The highest BCUT2D eigenvalue weighted by Gasteiger charge is 2.08. The summed E-state index contributed by atoms with van der Waals surface area (Å²) >= 11 is 0. The molecule has 1 aromatic carbocycles. The van der Waals surface area contributed by atoms with Crippen LogP contribution in [-0.2, 0) is 11.2 Å². The fourth-order valence-electron chi connectivity index (χ4n) is 1.42. The van der Waals surface area contributed by atoms with Crippen molar-refractivity contribution in [3.05, 3.63) is 29.8 Å². The number of hydrogen-bond donors (Lipinski definition) is 1. The average Bonchev–Trinajstić information content (AvgIpc) is 2.28. The average molecular weight is 216 g/mol. The Hall–Kier alpha value is -1.95. The quantitative estimate of drug-likeness (QED) is 0.609. The molecule has 0 atom stereocenters. The van der Waals surface area contributed by atoms with Crippen LogP contribution in [0.1, 0.15) is 12.0 Å². The summed E-state index contributed by atoms with van der Waals surface area (Å²) < 4.78 is 0. The fraction of sp³-hybridized carbons (Fsp3) is 0.308. The number of nitrogens with two attached hydrogens (primary N) is 1. The van der Waals surface area contributed by atoms with Crippen LogP contribution in [0.4, 0.5) is 5.69 Å². The molecule has 0 aromatic heterocycles. The molecule has 0 aliphatic rings. The minimum Gasteiger partial charge on any atom is -0.399 e. The molecule has 3 nitrogen and oxygen atoms in total. The molecule has 84 valence electrons. The zero-order valence-corrected chi connectivity index (χ0v) is 9.44. The van der Waals surface area contributed by atoms with E-state index in [9.17, 15) is 4.79 Å². The summed E-state index contributed by atoms with van der Waals surface area (Å²) in [6.07, 6.45) is 6.22. The van der Waals surface area contributed by atoms with E-state index in [1.165, 1.54) is 0 Å². The van der Waals surface area contributed by atoms with Gasteiger partial charge in [0.1, 0.15) is 0 Å². The molecule has 0 aliphatic carbocycles. The van der Waals surface area contributed by atoms with Crippen LogP contribution in [0.15, 0.2) is 24.3 Å². The Kier molecular flexibility index (Phi) is 4.41. The van der Waals surface area contributed by atoms with Crippen LogP contribution in [0.25, 0.3) is 0 Å². The van der Waals surface area contributed by atoms with Crippen LogP contribution in [0.2, 0.25) is 0 Å². The third-order valence-electron chi connectivity index (χ3n) is 2.42. The monoisotopic (exact) mass is 216 g/mol. The second-order valence-electron chi connectivity index (χ2n) is 3.65. The summed E-state index contributed by atoms with van der Waals surface area (Å²) in [6, 6.07) is 7.57. The smallest absolute Gasteiger partial charge is 0.223 e. The maximum atomic E-state index is 11.6. The molecule has 0 bridgehead atoms. The lowest BCUT2D eigenvalue weighted by atomic mass is 10.1. The molecule has 0 heterocycles. The number of amides is 1. The van der Waals surface area contributed by atoms with Gasteiger partial charge in [0.25, 0.3) is 0 Å². The van der Waals surface area contributed by atoms with Crippen molar-refractivity contribution >= 4 is 11.6 Å². The second-order valence-corrected chi connectivity index (χ2v) is 3.65. The standard InChI is InChI=1S/C13H16N2O/c1-3-10-15(2)13(16)9-8-11-6-4-5-7-12(11)14/h1,4-7H,8-10,14H2,2H3. The topological polar surface area (TPSA) is 46.3 Å². The molecule has 16 heavy (non-hydrogen) atoms. The summed E-state index contributed by atoms with van der Waals surface area (Å²) in [6.45, 7) is 0.350. The summed E-state index contributed by atoms with van der Waals surface area (Å²) in [4.78, 5) is 13.1. The second kappa shape index (κ2) is 5.82. The van der Waals surface area contributed by atoms with Gasteiger partial charge in [-0.3, -0.25) is 4.79 Å². The van der Waals surface area contributed by atoms with Crippen molar-refractivity contribution < 1.29 is 4.79 Å². The van der Waals surface area contributed by atoms with E-state index in [4.69, 9.17) is 12.2 Å². The third-order valence-corrected chi connectivity index (χ3v) is 2.42. The minimum atomic E-state index is 0.0428. The largest absolute Gasteiger partial charge is 0.399 e. The number of terminal acetylenes is 1. The molecule has 1 amide bonds. The number of rotatable bonds is 4. The van der Waals surface area contributed by atoms with Crippen molar-refractivity contribution in [1.29, 1.82) is 0 Å². The van der Waals surface area contributed by atoms with Crippen LogP contribution >= 0.6 is 0 Å². The van der Waals surface area contributed by atoms with Gasteiger partial charge in [-0.1, -0.05) is 24.1 Å². The lowest BCUT2D eigenvalue weighted by Crippen LogP contribution is -2.27. The number of hydrogen-bond acceptors (Lipinski definition) is 2. The molecular formula is C13H16N2O. The van der Waals surface area contributed by atoms with Gasteiger partial charge in [-0.2, -0.15) is 0 Å². The molecule has 2 N–H and O–H groups in total. The predicted octanol–water partition coefficient (Wildman–Crippen LogP) is 1.29. The Labute approximate surface area is 96.2 Å². The first-order chi connectivity index (χ1) is 7.65. The van der Waals surface area contributed by atoms with Crippen LogP contribution in [0, 0.1) is 12.3 Å². The fourth-order valence-corrected chi connectivity index (χ4v) is 1.42. The van der Waals surface area contributed by atoms with Crippen molar-refractivity contribution in [1.82, 2.24) is 4.90 Å². The van der Waals surface area contributed by atoms with Gasteiger partial charge in [-0.05, 0) is 18.1 Å². The molecule has 3 heteroatoms. The Morgan fingerprint density at radius 3 is 2.81 bits per heavy atom. The Bertz CT molecular complexity index is 407. The minimum absolute atomic E-state index is 0.0428. The van der Waals surface area contributed by atoms with E-state index >= 15 is 0 Å². The zero-order valence-electron chi connectivity index (χ0n) is 9.44. The van der Waals surface area contributed by atoms with E-state index < -0.39 is 0 Å². The van der Waals surface area contributed by atoms with E-state index in [0.717, 1.165) is 11.3 Å². The van der Waals surface area contributed by atoms with Gasteiger partial charge in [0.2, 0.25) is 5.91 Å². The first-order valence-corrected chi connectivity index (χ1v) is 5.16. The number of nitrogen functional groups attached to an aromatic ring is 1. The molecule has 0 saturated carbocycles. The highest BCUT2D eigenvalue weighted by molar-refractivity contribution is 5.76.